The molecule has 82 valence electrons. The number of hydrogen-bond acceptors (Lipinski definition) is 2. The summed E-state index contributed by atoms with van der Waals surface area (Å²) in [6, 6.07) is 0. The van der Waals surface area contributed by atoms with E-state index < -0.39 is 11.4 Å². The quantitative estimate of drug-likeness (QED) is 0.760. The van der Waals surface area contributed by atoms with Gasteiger partial charge >= 0.3 is 5.97 Å². The van der Waals surface area contributed by atoms with Gasteiger partial charge in [0.05, 0.1) is 11.0 Å². The van der Waals surface area contributed by atoms with E-state index in [0.29, 0.717) is 0 Å². The van der Waals surface area contributed by atoms with Crippen molar-refractivity contribution in [2.45, 2.75) is 45.6 Å². The van der Waals surface area contributed by atoms with Gasteiger partial charge in [0.1, 0.15) is 0 Å². The van der Waals surface area contributed by atoms with Crippen molar-refractivity contribution in [2.75, 3.05) is 7.11 Å². The average Bonchev–Trinajstić information content (AvgIpc) is 2.49. The minimum absolute atomic E-state index is 0.114. The summed E-state index contributed by atoms with van der Waals surface area (Å²) >= 11 is 0. The maximum Gasteiger partial charge on any atom is 0.309 e. The molecule has 1 aliphatic rings. The van der Waals surface area contributed by atoms with Crippen LogP contribution >= 0.6 is 0 Å². The number of methoxy groups -OCH3 is 1. The first-order valence-corrected chi connectivity index (χ1v) is 5.10. The molecule has 0 amide bonds. The number of hydrogen-bond donors (Lipinski definition) is 1. The van der Waals surface area contributed by atoms with Crippen LogP contribution in [0.4, 0.5) is 0 Å². The molecule has 0 radical (unpaired) electrons. The van der Waals surface area contributed by atoms with Gasteiger partial charge < -0.3 is 9.84 Å². The predicted octanol–water partition coefficient (Wildman–Crippen LogP) is 2.30. The fourth-order valence-corrected chi connectivity index (χ4v) is 2.18. The van der Waals surface area contributed by atoms with Crippen LogP contribution in [0.3, 0.4) is 0 Å². The first-order valence-electron chi connectivity index (χ1n) is 5.10. The molecular weight excluding hydrogens is 180 g/mol. The van der Waals surface area contributed by atoms with Crippen molar-refractivity contribution >= 4 is 5.97 Å². The number of carbonyl (C=O) groups is 1. The normalized spacial score (nSPS) is 33.3. The standard InChI is InChI=1S/C11H20O3/c1-10(2,9(12)13)8-5-6-11(3,7-8)14-4/h8H,5-7H2,1-4H3,(H,12,13). The molecule has 14 heavy (non-hydrogen) atoms. The lowest BCUT2D eigenvalue weighted by Crippen LogP contribution is -2.33. The number of carboxylic acid groups (broad SMARTS) is 1. The third kappa shape index (κ3) is 1.92. The lowest BCUT2D eigenvalue weighted by Gasteiger charge is -2.29. The smallest absolute Gasteiger partial charge is 0.309 e. The summed E-state index contributed by atoms with van der Waals surface area (Å²) in [5.74, 6) is -0.479. The third-order valence-electron chi connectivity index (χ3n) is 3.76. The van der Waals surface area contributed by atoms with Gasteiger partial charge in [-0.15, -0.1) is 0 Å². The molecule has 0 spiro atoms. The first-order chi connectivity index (χ1) is 6.32. The fraction of sp³-hybridized carbons (Fsp3) is 0.909. The van der Waals surface area contributed by atoms with E-state index in [1.807, 2.05) is 0 Å². The minimum Gasteiger partial charge on any atom is -0.481 e. The van der Waals surface area contributed by atoms with E-state index in [0.717, 1.165) is 19.3 Å². The monoisotopic (exact) mass is 200 g/mol. The van der Waals surface area contributed by atoms with Crippen LogP contribution < -0.4 is 0 Å². The molecule has 0 bridgehead atoms. The summed E-state index contributed by atoms with van der Waals surface area (Å²) in [5, 5.41) is 9.10. The van der Waals surface area contributed by atoms with Gasteiger partial charge in [0.25, 0.3) is 0 Å². The molecule has 2 atom stereocenters. The van der Waals surface area contributed by atoms with Crippen molar-refractivity contribution in [3.05, 3.63) is 0 Å². The summed E-state index contributed by atoms with van der Waals surface area (Å²) in [6.45, 7) is 5.67. The largest absolute Gasteiger partial charge is 0.481 e. The Kier molecular flexibility index (Phi) is 2.91. The number of carboxylic acids is 1. The maximum absolute atomic E-state index is 11.1. The Labute approximate surface area is 85.5 Å². The molecule has 3 nitrogen and oxygen atoms in total. The highest BCUT2D eigenvalue weighted by Gasteiger charge is 2.45. The van der Waals surface area contributed by atoms with Gasteiger partial charge in [0.15, 0.2) is 0 Å². The first kappa shape index (κ1) is 11.5. The highest BCUT2D eigenvalue weighted by atomic mass is 16.5. The molecule has 3 heteroatoms. The molecule has 2 unspecified atom stereocenters. The van der Waals surface area contributed by atoms with Crippen LogP contribution in [0, 0.1) is 11.3 Å². The molecular formula is C11H20O3. The molecule has 1 aliphatic carbocycles. The van der Waals surface area contributed by atoms with Gasteiger partial charge in [0.2, 0.25) is 0 Å². The minimum atomic E-state index is -0.706. The summed E-state index contributed by atoms with van der Waals surface area (Å²) < 4.78 is 5.41. The highest BCUT2D eigenvalue weighted by Crippen LogP contribution is 2.45. The van der Waals surface area contributed by atoms with Crippen LogP contribution in [0.2, 0.25) is 0 Å². The lowest BCUT2D eigenvalue weighted by molar-refractivity contribution is -0.150. The summed E-state index contributed by atoms with van der Waals surface area (Å²) in [7, 11) is 1.70. The van der Waals surface area contributed by atoms with Crippen LogP contribution in [-0.2, 0) is 9.53 Å². The van der Waals surface area contributed by atoms with Gasteiger partial charge in [-0.25, -0.2) is 0 Å². The van der Waals surface area contributed by atoms with E-state index in [1.54, 1.807) is 21.0 Å². The van der Waals surface area contributed by atoms with Gasteiger partial charge in [-0.1, -0.05) is 0 Å². The van der Waals surface area contributed by atoms with E-state index in [-0.39, 0.29) is 11.5 Å². The molecule has 1 rings (SSSR count). The van der Waals surface area contributed by atoms with E-state index in [1.165, 1.54) is 0 Å². The van der Waals surface area contributed by atoms with Crippen LogP contribution in [-0.4, -0.2) is 23.8 Å². The van der Waals surface area contributed by atoms with Crippen LogP contribution in [0.25, 0.3) is 0 Å². The van der Waals surface area contributed by atoms with Crippen molar-refractivity contribution in [1.82, 2.24) is 0 Å². The number of ether oxygens (including phenoxy) is 1. The van der Waals surface area contributed by atoms with Crippen molar-refractivity contribution in [3.8, 4) is 0 Å². The zero-order valence-electron chi connectivity index (χ0n) is 9.46. The molecule has 0 aromatic heterocycles. The fourth-order valence-electron chi connectivity index (χ4n) is 2.18. The van der Waals surface area contributed by atoms with Gasteiger partial charge in [-0.05, 0) is 46.0 Å². The van der Waals surface area contributed by atoms with Crippen molar-refractivity contribution < 1.29 is 14.6 Å². The van der Waals surface area contributed by atoms with Gasteiger partial charge in [-0.3, -0.25) is 4.79 Å². The summed E-state index contributed by atoms with van der Waals surface area (Å²) in [4.78, 5) is 11.1. The highest BCUT2D eigenvalue weighted by molar-refractivity contribution is 5.74. The van der Waals surface area contributed by atoms with Crippen LogP contribution in [0.1, 0.15) is 40.0 Å². The van der Waals surface area contributed by atoms with Gasteiger partial charge in [-0.2, -0.15) is 0 Å². The third-order valence-corrected chi connectivity index (χ3v) is 3.76. The molecule has 1 fully saturated rings. The van der Waals surface area contributed by atoms with Crippen molar-refractivity contribution in [2.24, 2.45) is 11.3 Å². The Morgan fingerprint density at radius 1 is 1.57 bits per heavy atom. The lowest BCUT2D eigenvalue weighted by atomic mass is 9.77. The Morgan fingerprint density at radius 3 is 2.50 bits per heavy atom. The second-order valence-corrected chi connectivity index (χ2v) is 5.12. The number of rotatable bonds is 3. The molecule has 0 aliphatic heterocycles. The molecule has 0 aromatic carbocycles. The van der Waals surface area contributed by atoms with Crippen molar-refractivity contribution in [1.29, 1.82) is 0 Å². The van der Waals surface area contributed by atoms with Gasteiger partial charge in [0, 0.05) is 7.11 Å². The Morgan fingerprint density at radius 2 is 2.14 bits per heavy atom. The van der Waals surface area contributed by atoms with Crippen molar-refractivity contribution in [3.63, 3.8) is 0 Å². The Hall–Kier alpha value is -0.570. The second-order valence-electron chi connectivity index (χ2n) is 5.12. The van der Waals surface area contributed by atoms with E-state index in [9.17, 15) is 4.79 Å². The molecule has 0 aromatic rings. The van der Waals surface area contributed by atoms with E-state index >= 15 is 0 Å². The number of aliphatic carboxylic acids is 1. The van der Waals surface area contributed by atoms with E-state index in [2.05, 4.69) is 6.92 Å². The topological polar surface area (TPSA) is 46.5 Å². The molecule has 1 N–H and O–H groups in total. The Bertz CT molecular complexity index is 235. The summed E-state index contributed by atoms with van der Waals surface area (Å²) in [5.41, 5.74) is -0.742. The predicted molar refractivity (Wildman–Crippen MR) is 54.2 cm³/mol. The molecule has 0 heterocycles. The molecule has 0 saturated heterocycles. The zero-order chi connectivity index (χ0) is 11.0. The maximum atomic E-state index is 11.1. The second kappa shape index (κ2) is 3.54. The average molecular weight is 200 g/mol. The SMILES string of the molecule is COC1(C)CCC(C(C)(C)C(=O)O)C1. The Balaban J connectivity index is 2.71. The van der Waals surface area contributed by atoms with Crippen LogP contribution in [0.5, 0.6) is 0 Å². The molecule has 1 saturated carbocycles. The zero-order valence-corrected chi connectivity index (χ0v) is 9.46. The van der Waals surface area contributed by atoms with E-state index in [4.69, 9.17) is 9.84 Å². The summed E-state index contributed by atoms with van der Waals surface area (Å²) in [6.07, 6.45) is 2.76. The van der Waals surface area contributed by atoms with Crippen LogP contribution in [0.15, 0.2) is 0 Å².